The molecule has 2 radical (unpaired) electrons. The number of likely N-dealkylation sites (tertiary alicyclic amines) is 1. The number of nitrogens with zero attached hydrogens (tertiary/aromatic N) is 1. The van der Waals surface area contributed by atoms with Gasteiger partial charge in [-0.15, -0.1) is 0 Å². The molecular weight excluding hydrogens is 328 g/mol. The van der Waals surface area contributed by atoms with Gasteiger partial charge in [0, 0.05) is 17.1 Å². The molecule has 2 fully saturated rings. The summed E-state index contributed by atoms with van der Waals surface area (Å²) in [6.07, 6.45) is 5.83. The van der Waals surface area contributed by atoms with Crippen molar-refractivity contribution in [2.45, 2.75) is 84.0 Å². The Kier molecular flexibility index (Phi) is 5.81. The monoisotopic (exact) mass is 359 g/mol. The molecule has 142 valence electrons. The number of piperidine rings is 1. The highest BCUT2D eigenvalue weighted by Gasteiger charge is 2.52. The van der Waals surface area contributed by atoms with E-state index in [1.54, 1.807) is 12.1 Å². The fourth-order valence-corrected chi connectivity index (χ4v) is 3.72. The SMILES string of the molecule is CCC[C@@H]1CCCCN1[C]c1cccc(B2OC(C)(C)C(C)(C)O2)c1F. The Morgan fingerprint density at radius 3 is 2.54 bits per heavy atom. The van der Waals surface area contributed by atoms with Crippen LogP contribution in [0.3, 0.4) is 0 Å². The summed E-state index contributed by atoms with van der Waals surface area (Å²) < 4.78 is 27.3. The van der Waals surface area contributed by atoms with E-state index in [-0.39, 0.29) is 5.82 Å². The maximum Gasteiger partial charge on any atom is 0.497 e. The molecule has 1 atom stereocenters. The van der Waals surface area contributed by atoms with E-state index in [4.69, 9.17) is 9.31 Å². The van der Waals surface area contributed by atoms with E-state index in [0.717, 1.165) is 25.8 Å². The van der Waals surface area contributed by atoms with Gasteiger partial charge in [-0.1, -0.05) is 38.0 Å². The average Bonchev–Trinajstić information content (AvgIpc) is 2.79. The first-order chi connectivity index (χ1) is 12.2. The van der Waals surface area contributed by atoms with Crippen molar-refractivity contribution in [2.75, 3.05) is 6.54 Å². The van der Waals surface area contributed by atoms with Gasteiger partial charge in [0.15, 0.2) is 0 Å². The summed E-state index contributed by atoms with van der Waals surface area (Å²) in [6, 6.07) is 5.88. The lowest BCUT2D eigenvalue weighted by molar-refractivity contribution is 0.00578. The molecule has 0 amide bonds. The van der Waals surface area contributed by atoms with Crippen molar-refractivity contribution < 1.29 is 13.7 Å². The molecule has 2 aliphatic heterocycles. The first-order valence-electron chi connectivity index (χ1n) is 9.92. The molecule has 0 aromatic heterocycles. The fourth-order valence-electron chi connectivity index (χ4n) is 3.72. The van der Waals surface area contributed by atoms with Gasteiger partial charge in [-0.05, 0) is 53.5 Å². The van der Waals surface area contributed by atoms with E-state index >= 15 is 4.39 Å². The molecule has 3 rings (SSSR count). The van der Waals surface area contributed by atoms with Crippen LogP contribution in [-0.4, -0.2) is 35.8 Å². The zero-order chi connectivity index (χ0) is 18.9. The van der Waals surface area contributed by atoms with Crippen LogP contribution in [0.2, 0.25) is 0 Å². The van der Waals surface area contributed by atoms with E-state index in [9.17, 15) is 0 Å². The molecule has 3 nitrogen and oxygen atoms in total. The van der Waals surface area contributed by atoms with E-state index < -0.39 is 18.3 Å². The minimum Gasteiger partial charge on any atom is -0.399 e. The lowest BCUT2D eigenvalue weighted by Crippen LogP contribution is -2.41. The summed E-state index contributed by atoms with van der Waals surface area (Å²) in [5.74, 6) is -0.285. The average molecular weight is 359 g/mol. The van der Waals surface area contributed by atoms with Gasteiger partial charge in [-0.2, -0.15) is 0 Å². The number of benzene rings is 1. The molecule has 0 aliphatic carbocycles. The van der Waals surface area contributed by atoms with Gasteiger partial charge in [-0.3, -0.25) is 4.90 Å². The normalized spacial score (nSPS) is 25.6. The third-order valence-electron chi connectivity index (χ3n) is 6.05. The second kappa shape index (κ2) is 7.61. The number of rotatable bonds is 5. The van der Waals surface area contributed by atoms with Crippen LogP contribution in [0, 0.1) is 12.4 Å². The Morgan fingerprint density at radius 2 is 1.88 bits per heavy atom. The highest BCUT2D eigenvalue weighted by atomic mass is 19.1. The van der Waals surface area contributed by atoms with Gasteiger partial charge < -0.3 is 9.31 Å². The predicted molar refractivity (Wildman–Crippen MR) is 104 cm³/mol. The third kappa shape index (κ3) is 3.85. The molecule has 0 unspecified atom stereocenters. The van der Waals surface area contributed by atoms with Crippen molar-refractivity contribution in [1.29, 1.82) is 0 Å². The third-order valence-corrected chi connectivity index (χ3v) is 6.05. The van der Waals surface area contributed by atoms with Gasteiger partial charge in [0.05, 0.1) is 17.7 Å². The maximum atomic E-state index is 15.2. The Bertz CT molecular complexity index is 616. The van der Waals surface area contributed by atoms with E-state index in [2.05, 4.69) is 18.4 Å². The zero-order valence-electron chi connectivity index (χ0n) is 16.8. The van der Waals surface area contributed by atoms with Crippen molar-refractivity contribution in [1.82, 2.24) is 4.90 Å². The number of hydrogen-bond acceptors (Lipinski definition) is 3. The van der Waals surface area contributed by atoms with Gasteiger partial charge in [0.25, 0.3) is 0 Å². The Morgan fingerprint density at radius 1 is 1.19 bits per heavy atom. The molecule has 26 heavy (non-hydrogen) atoms. The minimum atomic E-state index is -0.686. The zero-order valence-corrected chi connectivity index (χ0v) is 16.8. The first kappa shape index (κ1) is 19.8. The summed E-state index contributed by atoms with van der Waals surface area (Å²) in [6.45, 7) is 14.4. The standard InChI is InChI=1S/C21H31BFNO2/c1-6-10-17-12-7-8-14-24(17)15-16-11-9-13-18(19(16)23)22-25-20(2,3)21(4,5)26-22/h9,11,13,17H,6-8,10,12,14H2,1-5H3/t17-/m1/s1. The van der Waals surface area contributed by atoms with Crippen LogP contribution in [0.4, 0.5) is 4.39 Å². The molecule has 0 saturated carbocycles. The molecule has 0 spiro atoms. The second-order valence-corrected chi connectivity index (χ2v) is 8.54. The Labute approximate surface area is 158 Å². The molecule has 2 heterocycles. The van der Waals surface area contributed by atoms with E-state index in [1.807, 2.05) is 33.8 Å². The molecule has 0 bridgehead atoms. The van der Waals surface area contributed by atoms with E-state index in [0.29, 0.717) is 17.1 Å². The largest absolute Gasteiger partial charge is 0.497 e. The van der Waals surface area contributed by atoms with Crippen LogP contribution in [0.5, 0.6) is 0 Å². The van der Waals surface area contributed by atoms with Crippen molar-refractivity contribution in [3.63, 3.8) is 0 Å². The predicted octanol–water partition coefficient (Wildman–Crippen LogP) is 4.17. The Hall–Kier alpha value is -0.905. The van der Waals surface area contributed by atoms with Gasteiger partial charge in [0.1, 0.15) is 5.82 Å². The van der Waals surface area contributed by atoms with Crippen LogP contribution >= 0.6 is 0 Å². The summed E-state index contributed by atoms with van der Waals surface area (Å²) in [5, 5.41) is 0. The summed E-state index contributed by atoms with van der Waals surface area (Å²) in [4.78, 5) is 2.21. The number of hydrogen-bond donors (Lipinski definition) is 0. The van der Waals surface area contributed by atoms with Crippen LogP contribution in [0.15, 0.2) is 18.2 Å². The smallest absolute Gasteiger partial charge is 0.399 e. The molecule has 1 aromatic rings. The van der Waals surface area contributed by atoms with Gasteiger partial charge in [-0.25, -0.2) is 4.39 Å². The van der Waals surface area contributed by atoms with Crippen molar-refractivity contribution >= 4 is 12.6 Å². The lowest BCUT2D eigenvalue weighted by atomic mass is 9.77. The van der Waals surface area contributed by atoms with Crippen LogP contribution in [0.1, 0.15) is 72.3 Å². The maximum absolute atomic E-state index is 15.2. The topological polar surface area (TPSA) is 21.7 Å². The fraction of sp³-hybridized carbons (Fsp3) is 0.667. The van der Waals surface area contributed by atoms with Crippen molar-refractivity contribution in [3.8, 4) is 0 Å². The van der Waals surface area contributed by atoms with Crippen LogP contribution < -0.4 is 5.46 Å². The quantitative estimate of drug-likeness (QED) is 0.737. The minimum absolute atomic E-state index is 0.285. The van der Waals surface area contributed by atoms with Crippen molar-refractivity contribution in [3.05, 3.63) is 36.1 Å². The highest BCUT2D eigenvalue weighted by Crippen LogP contribution is 2.37. The summed E-state index contributed by atoms with van der Waals surface area (Å²) in [7, 11) is -0.686. The van der Waals surface area contributed by atoms with E-state index in [1.165, 1.54) is 12.8 Å². The highest BCUT2D eigenvalue weighted by molar-refractivity contribution is 6.62. The molecule has 2 saturated heterocycles. The molecule has 1 aromatic carbocycles. The molecule has 0 N–H and O–H groups in total. The van der Waals surface area contributed by atoms with Crippen LogP contribution in [0.25, 0.3) is 0 Å². The molecule has 2 aliphatic rings. The van der Waals surface area contributed by atoms with Crippen molar-refractivity contribution in [2.24, 2.45) is 0 Å². The van der Waals surface area contributed by atoms with Crippen LogP contribution in [-0.2, 0) is 9.31 Å². The van der Waals surface area contributed by atoms with Gasteiger partial charge >= 0.3 is 7.12 Å². The second-order valence-electron chi connectivity index (χ2n) is 8.54. The first-order valence-corrected chi connectivity index (χ1v) is 9.92. The molecule has 5 heteroatoms. The number of halogens is 1. The summed E-state index contributed by atoms with van der Waals surface area (Å²) >= 11 is 0. The van der Waals surface area contributed by atoms with Gasteiger partial charge in [0.2, 0.25) is 0 Å². The molecular formula is C21H31BFNO2. The summed E-state index contributed by atoms with van der Waals surface area (Å²) in [5.41, 5.74) is -0.00266. The Balaban J connectivity index is 1.80. The lowest BCUT2D eigenvalue weighted by Gasteiger charge is -2.35.